The first kappa shape index (κ1) is 16.5. The summed E-state index contributed by atoms with van der Waals surface area (Å²) in [4.78, 5) is 30.0. The molecule has 0 radical (unpaired) electrons. The Hall–Kier alpha value is -3.00. The van der Waals surface area contributed by atoms with Crippen molar-refractivity contribution in [3.63, 3.8) is 0 Å². The average Bonchev–Trinajstić information content (AvgIpc) is 3.16. The summed E-state index contributed by atoms with van der Waals surface area (Å²) in [5.74, 6) is 0.826. The summed E-state index contributed by atoms with van der Waals surface area (Å²) in [7, 11) is 1.89. The van der Waals surface area contributed by atoms with E-state index in [1.165, 1.54) is 16.7 Å². The van der Waals surface area contributed by atoms with E-state index < -0.39 is 0 Å². The Labute approximate surface area is 154 Å². The van der Waals surface area contributed by atoms with Crippen LogP contribution in [0.5, 0.6) is 0 Å². The molecule has 2 amide bonds. The van der Waals surface area contributed by atoms with E-state index in [9.17, 15) is 9.59 Å². The van der Waals surface area contributed by atoms with Crippen LogP contribution in [0.25, 0.3) is 11.4 Å². The Morgan fingerprint density at radius 3 is 2.27 bits per heavy atom. The Bertz CT molecular complexity index is 951. The van der Waals surface area contributed by atoms with E-state index in [1.54, 1.807) is 36.7 Å². The molecule has 0 spiro atoms. The SMILES string of the molecule is Cn1c(SCCN2C(=O)c3ccccc3C2=O)nnc1-c1ccncc1. The van der Waals surface area contributed by atoms with Gasteiger partial charge >= 0.3 is 0 Å². The number of amides is 2. The lowest BCUT2D eigenvalue weighted by atomic mass is 10.1. The summed E-state index contributed by atoms with van der Waals surface area (Å²) in [6.07, 6.45) is 3.41. The Morgan fingerprint density at radius 1 is 0.962 bits per heavy atom. The van der Waals surface area contributed by atoms with Gasteiger partial charge < -0.3 is 4.57 Å². The maximum absolute atomic E-state index is 12.4. The normalized spacial score (nSPS) is 13.3. The minimum Gasteiger partial charge on any atom is -0.305 e. The number of fused-ring (bicyclic) bond motifs is 1. The number of hydrogen-bond donors (Lipinski definition) is 0. The van der Waals surface area contributed by atoms with Crippen LogP contribution in [-0.4, -0.2) is 48.8 Å². The van der Waals surface area contributed by atoms with Gasteiger partial charge in [-0.2, -0.15) is 0 Å². The molecule has 0 saturated carbocycles. The highest BCUT2D eigenvalue weighted by Gasteiger charge is 2.34. The van der Waals surface area contributed by atoms with E-state index >= 15 is 0 Å². The molecule has 0 saturated heterocycles. The van der Waals surface area contributed by atoms with Gasteiger partial charge in [0.25, 0.3) is 11.8 Å². The molecule has 0 fully saturated rings. The molecule has 3 heterocycles. The van der Waals surface area contributed by atoms with Crippen LogP contribution in [-0.2, 0) is 7.05 Å². The number of nitrogens with zero attached hydrogens (tertiary/aromatic N) is 5. The number of carbonyl (C=O) groups is 2. The van der Waals surface area contributed by atoms with Crippen LogP contribution in [0.15, 0.2) is 53.9 Å². The molecule has 26 heavy (non-hydrogen) atoms. The van der Waals surface area contributed by atoms with Gasteiger partial charge in [0.15, 0.2) is 11.0 Å². The first-order valence-electron chi connectivity index (χ1n) is 8.04. The Morgan fingerprint density at radius 2 is 1.62 bits per heavy atom. The largest absolute Gasteiger partial charge is 0.305 e. The van der Waals surface area contributed by atoms with E-state index in [1.807, 2.05) is 23.7 Å². The molecule has 1 aromatic carbocycles. The maximum atomic E-state index is 12.4. The quantitative estimate of drug-likeness (QED) is 0.510. The highest BCUT2D eigenvalue weighted by Crippen LogP contribution is 2.25. The van der Waals surface area contributed by atoms with Crippen molar-refractivity contribution < 1.29 is 9.59 Å². The molecule has 1 aliphatic heterocycles. The number of hydrogen-bond acceptors (Lipinski definition) is 6. The van der Waals surface area contributed by atoms with Gasteiger partial charge in [-0.25, -0.2) is 0 Å². The second-order valence-electron chi connectivity index (χ2n) is 5.76. The summed E-state index contributed by atoms with van der Waals surface area (Å²) in [5.41, 5.74) is 1.88. The molecule has 0 N–H and O–H groups in total. The van der Waals surface area contributed by atoms with Crippen molar-refractivity contribution in [1.82, 2.24) is 24.6 Å². The number of thioether (sulfide) groups is 1. The second kappa shape index (κ2) is 6.72. The van der Waals surface area contributed by atoms with Gasteiger partial charge in [-0.05, 0) is 24.3 Å². The lowest BCUT2D eigenvalue weighted by Crippen LogP contribution is -2.31. The van der Waals surface area contributed by atoms with E-state index in [-0.39, 0.29) is 11.8 Å². The van der Waals surface area contributed by atoms with Gasteiger partial charge in [0.05, 0.1) is 11.1 Å². The van der Waals surface area contributed by atoms with Crippen molar-refractivity contribution >= 4 is 23.6 Å². The van der Waals surface area contributed by atoms with Gasteiger partial charge in [-0.3, -0.25) is 19.5 Å². The minimum absolute atomic E-state index is 0.235. The van der Waals surface area contributed by atoms with Crippen LogP contribution in [0, 0.1) is 0 Å². The first-order chi connectivity index (χ1) is 12.7. The molecule has 0 atom stereocenters. The zero-order chi connectivity index (χ0) is 18.1. The number of aromatic nitrogens is 4. The Kier molecular flexibility index (Phi) is 4.26. The molecule has 0 unspecified atom stereocenters. The molecule has 4 rings (SSSR count). The molecular weight excluding hydrogens is 350 g/mol. The second-order valence-corrected chi connectivity index (χ2v) is 6.82. The van der Waals surface area contributed by atoms with Crippen LogP contribution < -0.4 is 0 Å². The van der Waals surface area contributed by atoms with E-state index in [2.05, 4.69) is 15.2 Å². The van der Waals surface area contributed by atoms with Crippen LogP contribution in [0.2, 0.25) is 0 Å². The molecule has 3 aromatic rings. The van der Waals surface area contributed by atoms with Crippen molar-refractivity contribution in [2.75, 3.05) is 12.3 Å². The van der Waals surface area contributed by atoms with Crippen LogP contribution in [0.1, 0.15) is 20.7 Å². The zero-order valence-corrected chi connectivity index (χ0v) is 14.8. The van der Waals surface area contributed by atoms with Crippen LogP contribution >= 0.6 is 11.8 Å². The summed E-state index contributed by atoms with van der Waals surface area (Å²) < 4.78 is 1.89. The fourth-order valence-corrected chi connectivity index (χ4v) is 3.70. The average molecular weight is 365 g/mol. The molecular formula is C18H15N5O2S. The van der Waals surface area contributed by atoms with Gasteiger partial charge in [0, 0.05) is 37.3 Å². The highest BCUT2D eigenvalue weighted by atomic mass is 32.2. The van der Waals surface area contributed by atoms with Gasteiger partial charge in [-0.15, -0.1) is 10.2 Å². The molecule has 130 valence electrons. The number of rotatable bonds is 5. The van der Waals surface area contributed by atoms with E-state index in [0.29, 0.717) is 23.4 Å². The predicted octanol–water partition coefficient (Wildman–Crippen LogP) is 2.27. The molecule has 2 aromatic heterocycles. The lowest BCUT2D eigenvalue weighted by molar-refractivity contribution is 0.0664. The summed E-state index contributed by atoms with van der Waals surface area (Å²) in [6, 6.07) is 10.7. The summed E-state index contributed by atoms with van der Waals surface area (Å²) >= 11 is 1.46. The van der Waals surface area contributed by atoms with Crippen LogP contribution in [0.3, 0.4) is 0 Å². The van der Waals surface area contributed by atoms with Crippen molar-refractivity contribution in [2.45, 2.75) is 5.16 Å². The third-order valence-electron chi connectivity index (χ3n) is 4.20. The lowest BCUT2D eigenvalue weighted by Gasteiger charge is -2.13. The van der Waals surface area contributed by atoms with Gasteiger partial charge in [0.2, 0.25) is 0 Å². The van der Waals surface area contributed by atoms with Crippen molar-refractivity contribution in [1.29, 1.82) is 0 Å². The van der Waals surface area contributed by atoms with E-state index in [4.69, 9.17) is 0 Å². The van der Waals surface area contributed by atoms with Gasteiger partial charge in [0.1, 0.15) is 0 Å². The molecule has 0 bridgehead atoms. The molecule has 7 nitrogen and oxygen atoms in total. The van der Waals surface area contributed by atoms with Crippen molar-refractivity contribution in [3.8, 4) is 11.4 Å². The Balaban J connectivity index is 1.43. The fourth-order valence-electron chi connectivity index (χ4n) is 2.86. The number of pyridine rings is 1. The van der Waals surface area contributed by atoms with Gasteiger partial charge in [-0.1, -0.05) is 23.9 Å². The monoisotopic (exact) mass is 365 g/mol. The minimum atomic E-state index is -0.235. The third-order valence-corrected chi connectivity index (χ3v) is 5.20. The van der Waals surface area contributed by atoms with Crippen molar-refractivity contribution in [2.24, 2.45) is 7.05 Å². The van der Waals surface area contributed by atoms with E-state index in [0.717, 1.165) is 16.5 Å². The molecule has 0 aliphatic carbocycles. The molecule has 1 aliphatic rings. The smallest absolute Gasteiger partial charge is 0.261 e. The number of imide groups is 1. The number of benzene rings is 1. The highest BCUT2D eigenvalue weighted by molar-refractivity contribution is 7.99. The third kappa shape index (κ3) is 2.78. The topological polar surface area (TPSA) is 81.0 Å². The maximum Gasteiger partial charge on any atom is 0.261 e. The summed E-state index contributed by atoms with van der Waals surface area (Å²) in [6.45, 7) is 0.328. The zero-order valence-electron chi connectivity index (χ0n) is 14.0. The first-order valence-corrected chi connectivity index (χ1v) is 9.03. The van der Waals surface area contributed by atoms with Crippen molar-refractivity contribution in [3.05, 3.63) is 59.9 Å². The fraction of sp³-hybridized carbons (Fsp3) is 0.167. The molecule has 8 heteroatoms. The van der Waals surface area contributed by atoms with Crippen LogP contribution in [0.4, 0.5) is 0 Å². The summed E-state index contributed by atoms with van der Waals surface area (Å²) in [5, 5.41) is 9.15. The predicted molar refractivity (Wildman–Crippen MR) is 96.8 cm³/mol. The standard InChI is InChI=1S/C18H15N5O2S/c1-22-15(12-6-8-19-9-7-12)20-21-18(22)26-11-10-23-16(24)13-4-2-3-5-14(13)17(23)25/h2-9H,10-11H2,1H3. The number of carbonyl (C=O) groups excluding carboxylic acids is 2.